The van der Waals surface area contributed by atoms with Crippen molar-refractivity contribution in [2.75, 3.05) is 0 Å². The predicted molar refractivity (Wildman–Crippen MR) is 71.8 cm³/mol. The van der Waals surface area contributed by atoms with Gasteiger partial charge in [0.1, 0.15) is 5.82 Å². The molecule has 4 nitrogen and oxygen atoms in total. The number of hydrogen-bond acceptors (Lipinski definition) is 2. The lowest BCUT2D eigenvalue weighted by Gasteiger charge is -2.16. The summed E-state index contributed by atoms with van der Waals surface area (Å²) in [5.74, 6) is -2.46. The number of carbonyl (C=O) groups is 2. The maximum Gasteiger partial charge on any atom is 0.330 e. The summed E-state index contributed by atoms with van der Waals surface area (Å²) in [6.07, 6.45) is 0.722. The third-order valence-electron chi connectivity index (χ3n) is 3.64. The minimum Gasteiger partial charge on any atom is -0.479 e. The predicted octanol–water partition coefficient (Wildman–Crippen LogP) is 2.77. The molecule has 0 spiro atoms. The largest absolute Gasteiger partial charge is 0.479 e. The normalized spacial score (nSPS) is 21.1. The van der Waals surface area contributed by atoms with Crippen LogP contribution in [0.25, 0.3) is 0 Å². The van der Waals surface area contributed by atoms with Crippen LogP contribution in [0.2, 0.25) is 5.02 Å². The fourth-order valence-electron chi connectivity index (χ4n) is 2.14. The number of hydrogen-bond donors (Lipinski definition) is 2. The third kappa shape index (κ3) is 2.93. The van der Waals surface area contributed by atoms with E-state index in [1.165, 1.54) is 12.1 Å². The Morgan fingerprint density at radius 3 is 2.55 bits per heavy atom. The summed E-state index contributed by atoms with van der Waals surface area (Å²) in [6.45, 7) is 3.88. The van der Waals surface area contributed by atoms with Crippen molar-refractivity contribution in [2.45, 2.75) is 26.3 Å². The molecule has 0 radical (unpaired) electrons. The molecular formula is C14H15ClFNO3. The highest BCUT2D eigenvalue weighted by Gasteiger charge is 2.51. The van der Waals surface area contributed by atoms with E-state index in [4.69, 9.17) is 11.6 Å². The van der Waals surface area contributed by atoms with Crippen LogP contribution >= 0.6 is 11.6 Å². The van der Waals surface area contributed by atoms with E-state index in [0.29, 0.717) is 0 Å². The highest BCUT2D eigenvalue weighted by molar-refractivity contribution is 6.30. The maximum atomic E-state index is 13.4. The number of amides is 1. The Morgan fingerprint density at radius 1 is 1.50 bits per heavy atom. The van der Waals surface area contributed by atoms with E-state index in [1.54, 1.807) is 0 Å². The van der Waals surface area contributed by atoms with Crippen LogP contribution < -0.4 is 5.32 Å². The van der Waals surface area contributed by atoms with Crippen molar-refractivity contribution in [3.8, 4) is 0 Å². The molecule has 1 saturated carbocycles. The fourth-order valence-corrected chi connectivity index (χ4v) is 2.25. The molecule has 2 atom stereocenters. The molecule has 1 fully saturated rings. The van der Waals surface area contributed by atoms with E-state index in [-0.39, 0.29) is 27.8 Å². The van der Waals surface area contributed by atoms with Crippen LogP contribution in [0.3, 0.4) is 0 Å². The molecule has 1 aromatic carbocycles. The molecule has 0 aromatic heterocycles. The number of rotatable bonds is 4. The lowest BCUT2D eigenvalue weighted by Crippen LogP contribution is -2.35. The minimum atomic E-state index is -1.27. The highest BCUT2D eigenvalue weighted by atomic mass is 35.5. The van der Waals surface area contributed by atoms with Crippen molar-refractivity contribution < 1.29 is 19.1 Å². The summed E-state index contributed by atoms with van der Waals surface area (Å²) < 4.78 is 13.4. The Morgan fingerprint density at radius 2 is 2.10 bits per heavy atom. The zero-order valence-electron chi connectivity index (χ0n) is 11.1. The first-order valence-corrected chi connectivity index (χ1v) is 6.58. The van der Waals surface area contributed by atoms with Gasteiger partial charge in [0.15, 0.2) is 6.04 Å². The van der Waals surface area contributed by atoms with Crippen LogP contribution in [-0.4, -0.2) is 17.0 Å². The molecule has 1 unspecified atom stereocenters. The van der Waals surface area contributed by atoms with Crippen LogP contribution in [-0.2, 0) is 9.59 Å². The van der Waals surface area contributed by atoms with Gasteiger partial charge in [-0.3, -0.25) is 4.79 Å². The van der Waals surface area contributed by atoms with Crippen molar-refractivity contribution in [2.24, 2.45) is 11.3 Å². The van der Waals surface area contributed by atoms with Crippen LogP contribution in [0.1, 0.15) is 31.9 Å². The summed E-state index contributed by atoms with van der Waals surface area (Å²) >= 11 is 5.56. The number of halogens is 2. The quantitative estimate of drug-likeness (QED) is 0.898. The zero-order chi connectivity index (χ0) is 15.1. The van der Waals surface area contributed by atoms with Gasteiger partial charge in [0.25, 0.3) is 0 Å². The fraction of sp³-hybridized carbons (Fsp3) is 0.429. The van der Waals surface area contributed by atoms with Crippen molar-refractivity contribution in [3.63, 3.8) is 0 Å². The van der Waals surface area contributed by atoms with Crippen LogP contribution in [0, 0.1) is 17.2 Å². The van der Waals surface area contributed by atoms with Crippen LogP contribution in [0.15, 0.2) is 18.2 Å². The van der Waals surface area contributed by atoms with Gasteiger partial charge in [-0.25, -0.2) is 9.18 Å². The molecule has 1 aliphatic rings. The smallest absolute Gasteiger partial charge is 0.330 e. The first-order chi connectivity index (χ1) is 9.22. The second kappa shape index (κ2) is 5.05. The van der Waals surface area contributed by atoms with Crippen LogP contribution in [0.4, 0.5) is 4.39 Å². The lowest BCUT2D eigenvalue weighted by atomic mass is 10.1. The standard InChI is InChI=1S/C14H15ClFNO3/c1-14(2)6-8(14)12(18)17-11(13(19)20)7-3-4-9(15)10(16)5-7/h3-5,8,11H,6H2,1-2H3,(H,17,18)(H,19,20)/t8-,11?/m1/s1. The van der Waals surface area contributed by atoms with Crippen molar-refractivity contribution in [1.29, 1.82) is 0 Å². The van der Waals surface area contributed by atoms with E-state index in [2.05, 4.69) is 5.32 Å². The second-order valence-corrected chi connectivity index (χ2v) is 6.11. The first kappa shape index (κ1) is 14.8. The van der Waals surface area contributed by atoms with Gasteiger partial charge >= 0.3 is 5.97 Å². The second-order valence-electron chi connectivity index (χ2n) is 5.70. The monoisotopic (exact) mass is 299 g/mol. The number of aliphatic carboxylic acids is 1. The molecule has 2 rings (SSSR count). The van der Waals surface area contributed by atoms with Crippen molar-refractivity contribution >= 4 is 23.5 Å². The van der Waals surface area contributed by atoms with E-state index in [1.807, 2.05) is 13.8 Å². The van der Waals surface area contributed by atoms with Gasteiger partial charge in [-0.1, -0.05) is 31.5 Å². The molecule has 0 bridgehead atoms. The maximum absolute atomic E-state index is 13.4. The molecule has 1 aromatic rings. The average Bonchev–Trinajstić information content (AvgIpc) is 2.98. The summed E-state index contributed by atoms with van der Waals surface area (Å²) in [7, 11) is 0. The Hall–Kier alpha value is -1.62. The number of carboxylic acid groups (broad SMARTS) is 1. The summed E-state index contributed by atoms with van der Waals surface area (Å²) in [5.41, 5.74) is 0.0597. The highest BCUT2D eigenvalue weighted by Crippen LogP contribution is 2.51. The number of carbonyl (C=O) groups excluding carboxylic acids is 1. The minimum absolute atomic E-state index is 0.0902. The summed E-state index contributed by atoms with van der Waals surface area (Å²) in [4.78, 5) is 23.2. The molecule has 6 heteroatoms. The average molecular weight is 300 g/mol. The summed E-state index contributed by atoms with van der Waals surface area (Å²) in [5, 5.41) is 11.6. The third-order valence-corrected chi connectivity index (χ3v) is 3.95. The van der Waals surface area contributed by atoms with E-state index >= 15 is 0 Å². The topological polar surface area (TPSA) is 66.4 Å². The van der Waals surface area contributed by atoms with Gasteiger partial charge in [-0.15, -0.1) is 0 Å². The Balaban J connectivity index is 2.17. The van der Waals surface area contributed by atoms with Gasteiger partial charge < -0.3 is 10.4 Å². The van der Waals surface area contributed by atoms with Gasteiger partial charge in [-0.05, 0) is 29.5 Å². The molecule has 108 valence electrons. The van der Waals surface area contributed by atoms with E-state index in [9.17, 15) is 19.1 Å². The van der Waals surface area contributed by atoms with Crippen molar-refractivity contribution in [1.82, 2.24) is 5.32 Å². The Labute approximate surface area is 120 Å². The lowest BCUT2D eigenvalue weighted by molar-refractivity contribution is -0.142. The molecule has 1 aliphatic carbocycles. The molecule has 1 amide bonds. The number of carboxylic acids is 1. The Bertz CT molecular complexity index is 574. The molecule has 0 heterocycles. The summed E-state index contributed by atoms with van der Waals surface area (Å²) in [6, 6.07) is 2.42. The van der Waals surface area contributed by atoms with Crippen molar-refractivity contribution in [3.05, 3.63) is 34.6 Å². The van der Waals surface area contributed by atoms with Gasteiger partial charge in [0.05, 0.1) is 5.02 Å². The first-order valence-electron chi connectivity index (χ1n) is 6.20. The zero-order valence-corrected chi connectivity index (χ0v) is 11.9. The SMILES string of the molecule is CC1(C)C[C@@H]1C(=O)NC(C(=O)O)c1ccc(Cl)c(F)c1. The molecule has 20 heavy (non-hydrogen) atoms. The van der Waals surface area contributed by atoms with E-state index in [0.717, 1.165) is 12.5 Å². The number of nitrogens with one attached hydrogen (secondary N) is 1. The van der Waals surface area contributed by atoms with Gasteiger partial charge in [0.2, 0.25) is 5.91 Å². The van der Waals surface area contributed by atoms with E-state index < -0.39 is 17.8 Å². The van der Waals surface area contributed by atoms with Gasteiger partial charge in [0, 0.05) is 5.92 Å². The molecular weight excluding hydrogens is 285 g/mol. The Kier molecular flexibility index (Phi) is 3.73. The van der Waals surface area contributed by atoms with Crippen LogP contribution in [0.5, 0.6) is 0 Å². The number of benzene rings is 1. The molecule has 0 saturated heterocycles. The molecule has 0 aliphatic heterocycles. The molecule has 2 N–H and O–H groups in total. The van der Waals surface area contributed by atoms with Gasteiger partial charge in [-0.2, -0.15) is 0 Å².